The van der Waals surface area contributed by atoms with Crippen LogP contribution in [0.25, 0.3) is 0 Å². The highest BCUT2D eigenvalue weighted by atomic mass is 35.5. The van der Waals surface area contributed by atoms with Gasteiger partial charge in [0.25, 0.3) is 0 Å². The summed E-state index contributed by atoms with van der Waals surface area (Å²) in [5.74, 6) is 0.174. The molecule has 1 aromatic carbocycles. The van der Waals surface area contributed by atoms with Crippen LogP contribution < -0.4 is 5.73 Å². The molecule has 138 valence electrons. The van der Waals surface area contributed by atoms with Gasteiger partial charge < -0.3 is 20.6 Å². The fourth-order valence-electron chi connectivity index (χ4n) is 3.72. The number of hydrogen-bond donors (Lipinski definition) is 2. The highest BCUT2D eigenvalue weighted by Gasteiger charge is 2.32. The zero-order chi connectivity index (χ0) is 17.3. The first-order valence-corrected chi connectivity index (χ1v) is 8.55. The molecule has 25 heavy (non-hydrogen) atoms. The number of hydrogen-bond acceptors (Lipinski definition) is 4. The summed E-state index contributed by atoms with van der Waals surface area (Å²) in [6.45, 7) is 3.62. The number of carbonyl (C=O) groups is 2. The van der Waals surface area contributed by atoms with Gasteiger partial charge in [-0.1, -0.05) is 12.1 Å². The smallest absolute Gasteiger partial charge is 0.227 e. The molecule has 6 nitrogen and oxygen atoms in total. The van der Waals surface area contributed by atoms with E-state index in [1.54, 1.807) is 11.0 Å². The molecule has 1 aromatic rings. The molecule has 2 heterocycles. The first-order valence-electron chi connectivity index (χ1n) is 8.55. The van der Waals surface area contributed by atoms with E-state index in [1.165, 1.54) is 6.92 Å². The van der Waals surface area contributed by atoms with E-state index in [0.29, 0.717) is 44.8 Å². The van der Waals surface area contributed by atoms with E-state index in [2.05, 4.69) is 0 Å². The lowest BCUT2D eigenvalue weighted by molar-refractivity contribution is -0.138. The van der Waals surface area contributed by atoms with Gasteiger partial charge in [0, 0.05) is 44.7 Å². The molecule has 1 fully saturated rings. The summed E-state index contributed by atoms with van der Waals surface area (Å²) in [4.78, 5) is 28.3. The molecule has 3 rings (SSSR count). The molecule has 2 aliphatic heterocycles. The second-order valence-corrected chi connectivity index (χ2v) is 6.88. The van der Waals surface area contributed by atoms with Gasteiger partial charge in [0.1, 0.15) is 5.75 Å². The fraction of sp³-hybridized carbons (Fsp3) is 0.556. The number of phenols is 1. The Morgan fingerprint density at radius 2 is 1.96 bits per heavy atom. The first kappa shape index (κ1) is 19.5. The van der Waals surface area contributed by atoms with Crippen LogP contribution >= 0.6 is 12.4 Å². The topological polar surface area (TPSA) is 86.9 Å². The third-order valence-electron chi connectivity index (χ3n) is 5.13. The van der Waals surface area contributed by atoms with E-state index >= 15 is 0 Å². The van der Waals surface area contributed by atoms with Crippen molar-refractivity contribution in [1.82, 2.24) is 9.80 Å². The molecule has 2 aliphatic rings. The third-order valence-corrected chi connectivity index (χ3v) is 5.13. The average molecular weight is 368 g/mol. The van der Waals surface area contributed by atoms with Crippen molar-refractivity contribution in [2.24, 2.45) is 11.7 Å². The minimum absolute atomic E-state index is 0. The van der Waals surface area contributed by atoms with Crippen molar-refractivity contribution in [2.75, 3.05) is 19.6 Å². The summed E-state index contributed by atoms with van der Waals surface area (Å²) in [5, 5.41) is 9.93. The van der Waals surface area contributed by atoms with Crippen molar-refractivity contribution in [3.63, 3.8) is 0 Å². The predicted octanol–water partition coefficient (Wildman–Crippen LogP) is 1.28. The molecular weight excluding hydrogens is 342 g/mol. The number of halogens is 1. The zero-order valence-corrected chi connectivity index (χ0v) is 15.3. The highest BCUT2D eigenvalue weighted by Crippen LogP contribution is 2.28. The Balaban J connectivity index is 0.00000225. The molecule has 0 aromatic heterocycles. The minimum Gasteiger partial charge on any atom is -0.508 e. The van der Waals surface area contributed by atoms with Gasteiger partial charge in [0.2, 0.25) is 11.8 Å². The molecule has 3 N–H and O–H groups in total. The van der Waals surface area contributed by atoms with Crippen LogP contribution in [-0.4, -0.2) is 52.4 Å². The average Bonchev–Trinajstić information content (AvgIpc) is 2.76. The SMILES string of the molecule is CC(=O)N1C[C@@H](N)CC[C@@H](C(=O)N2CCc3c(O)cccc3C2)C1.Cl. The van der Waals surface area contributed by atoms with Gasteiger partial charge >= 0.3 is 0 Å². The van der Waals surface area contributed by atoms with Crippen LogP contribution in [0.3, 0.4) is 0 Å². The summed E-state index contributed by atoms with van der Waals surface area (Å²) in [7, 11) is 0. The lowest BCUT2D eigenvalue weighted by Gasteiger charge is -2.33. The number of fused-ring (bicyclic) bond motifs is 1. The minimum atomic E-state index is -0.193. The molecule has 2 atom stereocenters. The predicted molar refractivity (Wildman–Crippen MR) is 97.4 cm³/mol. The Bertz CT molecular complexity index is 652. The van der Waals surface area contributed by atoms with Gasteiger partial charge in [-0.2, -0.15) is 0 Å². The molecule has 2 amide bonds. The van der Waals surface area contributed by atoms with Crippen molar-refractivity contribution in [2.45, 2.75) is 38.8 Å². The van der Waals surface area contributed by atoms with E-state index < -0.39 is 0 Å². The number of likely N-dealkylation sites (tertiary alicyclic amines) is 1. The summed E-state index contributed by atoms with van der Waals surface area (Å²) in [5.41, 5.74) is 7.98. The lowest BCUT2D eigenvalue weighted by atomic mass is 9.95. The van der Waals surface area contributed by atoms with Gasteiger partial charge in [-0.25, -0.2) is 0 Å². The van der Waals surface area contributed by atoms with Gasteiger partial charge in [-0.3, -0.25) is 9.59 Å². The Hall–Kier alpha value is -1.79. The Kier molecular flexibility index (Phi) is 6.30. The maximum Gasteiger partial charge on any atom is 0.227 e. The maximum atomic E-state index is 13.0. The van der Waals surface area contributed by atoms with E-state index in [9.17, 15) is 14.7 Å². The van der Waals surface area contributed by atoms with Gasteiger partial charge in [-0.05, 0) is 30.9 Å². The molecule has 7 heteroatoms. The fourth-order valence-corrected chi connectivity index (χ4v) is 3.72. The van der Waals surface area contributed by atoms with Crippen molar-refractivity contribution in [3.05, 3.63) is 29.3 Å². The molecule has 0 aliphatic carbocycles. The van der Waals surface area contributed by atoms with Crippen LogP contribution in [0.2, 0.25) is 0 Å². The van der Waals surface area contributed by atoms with E-state index in [1.807, 2.05) is 17.0 Å². The lowest BCUT2D eigenvalue weighted by Crippen LogP contribution is -2.44. The van der Waals surface area contributed by atoms with Crippen molar-refractivity contribution in [1.29, 1.82) is 0 Å². The number of phenolic OH excluding ortho intramolecular Hbond substituents is 1. The van der Waals surface area contributed by atoms with Crippen LogP contribution in [0.4, 0.5) is 0 Å². The first-order chi connectivity index (χ1) is 11.5. The molecule has 0 saturated carbocycles. The van der Waals surface area contributed by atoms with E-state index in [4.69, 9.17) is 5.73 Å². The van der Waals surface area contributed by atoms with Crippen molar-refractivity contribution < 1.29 is 14.7 Å². The monoisotopic (exact) mass is 367 g/mol. The number of carbonyl (C=O) groups excluding carboxylic acids is 2. The summed E-state index contributed by atoms with van der Waals surface area (Å²) in [6, 6.07) is 5.39. The Morgan fingerprint density at radius 3 is 2.68 bits per heavy atom. The van der Waals surface area contributed by atoms with Crippen LogP contribution in [0.15, 0.2) is 18.2 Å². The second kappa shape index (κ2) is 8.06. The standard InChI is InChI=1S/C18H25N3O3.ClH/c1-12(22)21-10-14(5-6-15(19)11-21)18(24)20-8-7-16-13(9-20)3-2-4-17(16)23;/h2-4,14-15,23H,5-11,19H2,1H3;1H/t14-,15+;/m1./s1. The normalized spacial score (nSPS) is 23.3. The second-order valence-electron chi connectivity index (χ2n) is 6.88. The van der Waals surface area contributed by atoms with Crippen LogP contribution in [0.1, 0.15) is 30.9 Å². The number of nitrogens with zero attached hydrogens (tertiary/aromatic N) is 2. The molecule has 0 unspecified atom stereocenters. The highest BCUT2D eigenvalue weighted by molar-refractivity contribution is 5.85. The van der Waals surface area contributed by atoms with E-state index in [-0.39, 0.29) is 36.2 Å². The van der Waals surface area contributed by atoms with Gasteiger partial charge in [0.05, 0.1) is 5.92 Å². The zero-order valence-electron chi connectivity index (χ0n) is 14.5. The molecule has 1 saturated heterocycles. The third kappa shape index (κ3) is 4.25. The van der Waals surface area contributed by atoms with Crippen LogP contribution in [0, 0.1) is 5.92 Å². The van der Waals surface area contributed by atoms with Crippen LogP contribution in [-0.2, 0) is 22.6 Å². The largest absolute Gasteiger partial charge is 0.508 e. The van der Waals surface area contributed by atoms with E-state index in [0.717, 1.165) is 17.5 Å². The van der Waals surface area contributed by atoms with Crippen molar-refractivity contribution >= 4 is 24.2 Å². The Morgan fingerprint density at radius 1 is 1.20 bits per heavy atom. The van der Waals surface area contributed by atoms with Gasteiger partial charge in [0.15, 0.2) is 0 Å². The van der Waals surface area contributed by atoms with Crippen LogP contribution in [0.5, 0.6) is 5.75 Å². The number of amides is 2. The molecule has 0 bridgehead atoms. The number of nitrogens with two attached hydrogens (primary N) is 1. The number of aromatic hydroxyl groups is 1. The summed E-state index contributed by atoms with van der Waals surface area (Å²) >= 11 is 0. The van der Waals surface area contributed by atoms with Crippen molar-refractivity contribution in [3.8, 4) is 5.75 Å². The maximum absolute atomic E-state index is 13.0. The summed E-state index contributed by atoms with van der Waals surface area (Å²) in [6.07, 6.45) is 2.13. The molecule has 0 radical (unpaired) electrons. The van der Waals surface area contributed by atoms with Gasteiger partial charge in [-0.15, -0.1) is 12.4 Å². The summed E-state index contributed by atoms with van der Waals surface area (Å²) < 4.78 is 0. The molecule has 0 spiro atoms. The molecular formula is C18H26ClN3O3. The quantitative estimate of drug-likeness (QED) is 0.782. The Labute approximate surface area is 154 Å². The number of rotatable bonds is 1. The number of benzene rings is 1.